The number of rotatable bonds is 53. The summed E-state index contributed by atoms with van der Waals surface area (Å²) in [4.78, 5) is 13.2. The number of unbranched alkanes of at least 4 members (excludes halogenated alkanes) is 37. The summed E-state index contributed by atoms with van der Waals surface area (Å²) in [6.07, 6.45) is 49.5. The molecule has 9 atom stereocenters. The van der Waals surface area contributed by atoms with Crippen molar-refractivity contribution in [3.05, 3.63) is 24.3 Å². The molecule has 1 fully saturated rings. The molecule has 0 aliphatic carbocycles. The summed E-state index contributed by atoms with van der Waals surface area (Å²) in [5.41, 5.74) is 0. The van der Waals surface area contributed by atoms with Gasteiger partial charge in [-0.05, 0) is 44.9 Å². The van der Waals surface area contributed by atoms with Gasteiger partial charge in [-0.15, -0.1) is 0 Å². The van der Waals surface area contributed by atoms with Crippen molar-refractivity contribution in [1.29, 1.82) is 0 Å². The van der Waals surface area contributed by atoms with E-state index >= 15 is 0 Å². The minimum Gasteiger partial charge on any atom is -0.394 e. The second-order valence-corrected chi connectivity index (χ2v) is 21.8. The minimum atomic E-state index is -1.66. The largest absolute Gasteiger partial charge is 0.394 e. The average Bonchev–Trinajstić information content (AvgIpc) is 3.38. The molecule has 0 radical (unpaired) electrons. The Bertz CT molecular complexity index is 1220. The fourth-order valence-electron chi connectivity index (χ4n) is 10.0. The first-order valence-corrected chi connectivity index (χ1v) is 30.7. The van der Waals surface area contributed by atoms with E-state index in [1.54, 1.807) is 0 Å². The summed E-state index contributed by atoms with van der Waals surface area (Å²) < 4.78 is 11.2. The summed E-state index contributed by atoms with van der Waals surface area (Å²) in [5, 5.41) is 76.2. The molecule has 0 aromatic rings. The summed E-state index contributed by atoms with van der Waals surface area (Å²) >= 11 is 0. The molecule has 1 amide bonds. The van der Waals surface area contributed by atoms with Crippen molar-refractivity contribution in [3.63, 3.8) is 0 Å². The molecule has 1 aliphatic rings. The maximum atomic E-state index is 13.2. The van der Waals surface area contributed by atoms with Crippen molar-refractivity contribution in [2.24, 2.45) is 0 Å². The van der Waals surface area contributed by atoms with Crippen LogP contribution in [0, 0.1) is 0 Å². The first kappa shape index (κ1) is 68.6. The van der Waals surface area contributed by atoms with Gasteiger partial charge in [0.15, 0.2) is 6.29 Å². The molecule has 72 heavy (non-hydrogen) atoms. The Hall–Kier alpha value is -1.41. The topological polar surface area (TPSA) is 189 Å². The molecule has 0 bridgehead atoms. The van der Waals surface area contributed by atoms with Gasteiger partial charge in [0.1, 0.15) is 36.6 Å². The molecule has 1 aliphatic heterocycles. The summed E-state index contributed by atoms with van der Waals surface area (Å²) in [7, 11) is 0. The van der Waals surface area contributed by atoms with Crippen molar-refractivity contribution in [3.8, 4) is 0 Å². The quantitative estimate of drug-likeness (QED) is 0.0215. The Kier molecular flexibility index (Phi) is 48.0. The van der Waals surface area contributed by atoms with Gasteiger partial charge in [-0.2, -0.15) is 0 Å². The molecule has 9 unspecified atom stereocenters. The van der Waals surface area contributed by atoms with Crippen LogP contribution in [0.4, 0.5) is 0 Å². The molecular formula is C61H117NO10. The molecule has 11 heteroatoms. The normalized spacial score (nSPS) is 20.2. The lowest BCUT2D eigenvalue weighted by Crippen LogP contribution is -2.60. The van der Waals surface area contributed by atoms with Gasteiger partial charge in [0.2, 0.25) is 5.91 Å². The van der Waals surface area contributed by atoms with Gasteiger partial charge >= 0.3 is 0 Å². The second-order valence-electron chi connectivity index (χ2n) is 21.8. The number of carbonyl (C=O) groups is 1. The summed E-state index contributed by atoms with van der Waals surface area (Å²) in [6, 6.07) is -1.17. The zero-order valence-electron chi connectivity index (χ0n) is 46.7. The highest BCUT2D eigenvalue weighted by Gasteiger charge is 2.44. The van der Waals surface area contributed by atoms with E-state index in [2.05, 4.69) is 43.5 Å². The molecule has 11 nitrogen and oxygen atoms in total. The molecule has 1 heterocycles. The van der Waals surface area contributed by atoms with Crippen LogP contribution < -0.4 is 5.32 Å². The molecular weight excluding hydrogens is 907 g/mol. The van der Waals surface area contributed by atoms with E-state index in [1.807, 2.05) is 0 Å². The number of allylic oxidation sites excluding steroid dienone is 4. The molecule has 1 rings (SSSR count). The smallest absolute Gasteiger partial charge is 0.249 e. The van der Waals surface area contributed by atoms with Gasteiger partial charge in [0.25, 0.3) is 0 Å². The maximum Gasteiger partial charge on any atom is 0.249 e. The van der Waals surface area contributed by atoms with Crippen molar-refractivity contribution >= 4 is 5.91 Å². The Labute approximate surface area is 442 Å². The summed E-state index contributed by atoms with van der Waals surface area (Å²) in [5.74, 6) is -0.694. The van der Waals surface area contributed by atoms with Gasteiger partial charge in [-0.25, -0.2) is 0 Å². The van der Waals surface area contributed by atoms with E-state index < -0.39 is 74.2 Å². The number of hydrogen-bond donors (Lipinski definition) is 8. The lowest BCUT2D eigenvalue weighted by Gasteiger charge is -2.40. The van der Waals surface area contributed by atoms with Crippen molar-refractivity contribution in [1.82, 2.24) is 5.32 Å². The number of nitrogens with one attached hydrogen (secondary N) is 1. The molecule has 0 aromatic carbocycles. The number of hydrogen-bond acceptors (Lipinski definition) is 10. The predicted octanol–water partition coefficient (Wildman–Crippen LogP) is 13.3. The van der Waals surface area contributed by atoms with E-state index in [0.29, 0.717) is 19.3 Å². The SMILES string of the molecule is CCCCCCCCCCC/C=C\C/C=C\CCCCCCCCCCCCCCC(O)C(=O)NC(COC1OC(CO)C(O)C(O)C1O)C(O)C(O)CCCCCCCCCCCCCCCCCCC. The van der Waals surface area contributed by atoms with Gasteiger partial charge in [-0.1, -0.05) is 269 Å². The minimum absolute atomic E-state index is 0.260. The maximum absolute atomic E-state index is 13.2. The number of amides is 1. The van der Waals surface area contributed by atoms with Crippen molar-refractivity contribution in [2.45, 2.75) is 345 Å². The number of carbonyl (C=O) groups excluding carboxylic acids is 1. The lowest BCUT2D eigenvalue weighted by molar-refractivity contribution is -0.303. The third-order valence-electron chi connectivity index (χ3n) is 15.0. The first-order valence-electron chi connectivity index (χ1n) is 30.7. The van der Waals surface area contributed by atoms with Crippen LogP contribution in [-0.2, 0) is 14.3 Å². The standard InChI is InChI=1S/C61H117NO10/c1-3-5-7-9-11-13-15-17-19-21-22-23-24-25-26-27-28-29-30-31-33-35-37-39-41-43-45-47-49-54(65)60(70)62-52(51-71-61-59(69)58(68)57(67)55(50-63)72-61)56(66)53(64)48-46-44-42-40-38-36-34-32-20-18-16-14-12-10-8-6-4-2/h22-23,25-26,52-59,61,63-69H,3-21,24,27-51H2,1-2H3,(H,62,70)/b23-22-,26-25-. The molecule has 1 saturated heterocycles. The van der Waals surface area contributed by atoms with Gasteiger partial charge in [0, 0.05) is 0 Å². The Morgan fingerprint density at radius 3 is 1.24 bits per heavy atom. The van der Waals surface area contributed by atoms with E-state index in [4.69, 9.17) is 9.47 Å². The Morgan fingerprint density at radius 1 is 0.486 bits per heavy atom. The fourth-order valence-corrected chi connectivity index (χ4v) is 10.0. The van der Waals surface area contributed by atoms with E-state index in [0.717, 1.165) is 44.9 Å². The highest BCUT2D eigenvalue weighted by Crippen LogP contribution is 2.24. The molecule has 0 aromatic heterocycles. The Morgan fingerprint density at radius 2 is 0.847 bits per heavy atom. The number of ether oxygens (including phenoxy) is 2. The predicted molar refractivity (Wildman–Crippen MR) is 298 cm³/mol. The van der Waals surface area contributed by atoms with Crippen LogP contribution >= 0.6 is 0 Å². The van der Waals surface area contributed by atoms with Crippen LogP contribution in [0.1, 0.15) is 290 Å². The van der Waals surface area contributed by atoms with E-state index in [1.165, 1.54) is 205 Å². The fraction of sp³-hybridized carbons (Fsp3) is 0.918. The van der Waals surface area contributed by atoms with Crippen LogP contribution in [0.2, 0.25) is 0 Å². The zero-order valence-corrected chi connectivity index (χ0v) is 46.7. The van der Waals surface area contributed by atoms with Crippen LogP contribution in [0.5, 0.6) is 0 Å². The lowest BCUT2D eigenvalue weighted by atomic mass is 9.98. The van der Waals surface area contributed by atoms with Crippen molar-refractivity contribution < 1.29 is 50.0 Å². The third kappa shape index (κ3) is 38.2. The highest BCUT2D eigenvalue weighted by atomic mass is 16.7. The monoisotopic (exact) mass is 1020 g/mol. The zero-order chi connectivity index (χ0) is 52.5. The second kappa shape index (κ2) is 50.4. The van der Waals surface area contributed by atoms with E-state index in [9.17, 15) is 40.5 Å². The Balaban J connectivity index is 2.25. The van der Waals surface area contributed by atoms with Gasteiger partial charge < -0.3 is 50.5 Å². The van der Waals surface area contributed by atoms with Crippen LogP contribution in [0.3, 0.4) is 0 Å². The van der Waals surface area contributed by atoms with Crippen LogP contribution in [0.15, 0.2) is 24.3 Å². The molecule has 0 spiro atoms. The first-order chi connectivity index (χ1) is 35.2. The molecule has 0 saturated carbocycles. The van der Waals surface area contributed by atoms with Crippen molar-refractivity contribution in [2.75, 3.05) is 13.2 Å². The average molecular weight is 1020 g/mol. The van der Waals surface area contributed by atoms with E-state index in [-0.39, 0.29) is 6.42 Å². The third-order valence-corrected chi connectivity index (χ3v) is 15.0. The molecule has 426 valence electrons. The van der Waals surface area contributed by atoms with Crippen LogP contribution in [0.25, 0.3) is 0 Å². The highest BCUT2D eigenvalue weighted by molar-refractivity contribution is 5.80. The number of aliphatic hydroxyl groups is 7. The summed E-state index contributed by atoms with van der Waals surface area (Å²) in [6.45, 7) is 3.49. The number of aliphatic hydroxyl groups excluding tert-OH is 7. The van der Waals surface area contributed by atoms with Gasteiger partial charge in [0.05, 0.1) is 25.4 Å². The molecule has 8 N–H and O–H groups in total. The van der Waals surface area contributed by atoms with Crippen LogP contribution in [-0.4, -0.2) is 110 Å². The van der Waals surface area contributed by atoms with Gasteiger partial charge in [-0.3, -0.25) is 4.79 Å².